The lowest BCUT2D eigenvalue weighted by Crippen LogP contribution is -2.65. The summed E-state index contributed by atoms with van der Waals surface area (Å²) in [5, 5.41) is 4.18. The number of carbonyl (C=O) groups excluding carboxylic acids is 2. The van der Waals surface area contributed by atoms with Crippen molar-refractivity contribution in [1.82, 2.24) is 10.3 Å². The van der Waals surface area contributed by atoms with E-state index in [2.05, 4.69) is 31.1 Å². The second-order valence-corrected chi connectivity index (χ2v) is 13.9. The highest BCUT2D eigenvalue weighted by molar-refractivity contribution is 6.48. The standard InChI is InChI=1S/C33H41BN2O6/c1-31(2,3)40-30(38)23-10-8-9-20(28(23)39-7)16-27(36-29(37)21-11-12-24-19(15-21)13-14-35-24)34-41-26-18-22-17-25(32(22,4)5)33(26,6)42-34/h8-15,22,25-27,35H,16-18H2,1-7H3,(H,36,37). The van der Waals surface area contributed by atoms with E-state index in [4.69, 9.17) is 18.8 Å². The van der Waals surface area contributed by atoms with E-state index in [0.717, 1.165) is 29.3 Å². The molecule has 9 heteroatoms. The molecule has 3 saturated carbocycles. The highest BCUT2D eigenvalue weighted by Gasteiger charge is 2.68. The van der Waals surface area contributed by atoms with Crippen molar-refractivity contribution < 1.29 is 28.4 Å². The van der Waals surface area contributed by atoms with E-state index < -0.39 is 30.2 Å². The van der Waals surface area contributed by atoms with Crippen molar-refractivity contribution >= 4 is 29.9 Å². The van der Waals surface area contributed by atoms with Crippen LogP contribution in [-0.4, -0.2) is 54.3 Å². The first kappa shape index (κ1) is 28.8. The Morgan fingerprint density at radius 1 is 1.14 bits per heavy atom. The number of aromatic amines is 1. The van der Waals surface area contributed by atoms with E-state index in [-0.39, 0.29) is 17.4 Å². The van der Waals surface area contributed by atoms with Gasteiger partial charge in [-0.2, -0.15) is 0 Å². The van der Waals surface area contributed by atoms with Gasteiger partial charge in [0.05, 0.1) is 24.8 Å². The topological polar surface area (TPSA) is 98.9 Å². The highest BCUT2D eigenvalue weighted by atomic mass is 16.7. The van der Waals surface area contributed by atoms with Crippen LogP contribution in [0.5, 0.6) is 5.75 Å². The molecule has 2 aromatic carbocycles. The van der Waals surface area contributed by atoms with Gasteiger partial charge in [0, 0.05) is 22.7 Å². The normalized spacial score (nSPS) is 26.7. The molecule has 8 nitrogen and oxygen atoms in total. The Bertz CT molecular complexity index is 1530. The molecule has 3 aromatic rings. The molecule has 1 saturated heterocycles. The summed E-state index contributed by atoms with van der Waals surface area (Å²) in [5.41, 5.74) is 1.71. The zero-order valence-electron chi connectivity index (χ0n) is 25.6. The van der Waals surface area contributed by atoms with Crippen molar-refractivity contribution in [3.63, 3.8) is 0 Å². The second-order valence-electron chi connectivity index (χ2n) is 13.9. The van der Waals surface area contributed by atoms with Crippen molar-refractivity contribution in [3.05, 3.63) is 65.4 Å². The maximum atomic E-state index is 13.7. The maximum Gasteiger partial charge on any atom is 0.482 e. The molecule has 4 aliphatic rings. The SMILES string of the molecule is COc1c(CC(NC(=O)c2ccc3[nH]ccc3c2)B2OC3CC4CC(C4(C)C)C3(C)O2)cccc1C(=O)OC(C)(C)C. The fourth-order valence-corrected chi connectivity index (χ4v) is 7.45. The van der Waals surface area contributed by atoms with Gasteiger partial charge in [0.2, 0.25) is 0 Å². The quantitative estimate of drug-likeness (QED) is 0.277. The molecule has 5 unspecified atom stereocenters. The van der Waals surface area contributed by atoms with Gasteiger partial charge >= 0.3 is 13.1 Å². The number of esters is 1. The van der Waals surface area contributed by atoms with Crippen LogP contribution in [0.1, 0.15) is 80.7 Å². The minimum absolute atomic E-state index is 0.0372. The third kappa shape index (κ3) is 4.90. The van der Waals surface area contributed by atoms with Crippen LogP contribution in [0.15, 0.2) is 48.7 Å². The van der Waals surface area contributed by atoms with Crippen molar-refractivity contribution in [2.45, 2.75) is 84.1 Å². The number of methoxy groups -OCH3 is 1. The lowest BCUT2D eigenvalue weighted by molar-refractivity contribution is -0.199. The van der Waals surface area contributed by atoms with Crippen LogP contribution in [0.4, 0.5) is 0 Å². The van der Waals surface area contributed by atoms with E-state index in [9.17, 15) is 9.59 Å². The first-order valence-corrected chi connectivity index (χ1v) is 14.9. The molecule has 7 rings (SSSR count). The van der Waals surface area contributed by atoms with Gasteiger partial charge in [0.25, 0.3) is 5.91 Å². The van der Waals surface area contributed by atoms with Crippen molar-refractivity contribution in [1.29, 1.82) is 0 Å². The Morgan fingerprint density at radius 3 is 2.64 bits per heavy atom. The zero-order chi connectivity index (χ0) is 30.0. The molecule has 1 amide bonds. The molecule has 3 aliphatic carbocycles. The fourth-order valence-electron chi connectivity index (χ4n) is 7.45. The van der Waals surface area contributed by atoms with Gasteiger partial charge in [-0.25, -0.2) is 4.79 Å². The van der Waals surface area contributed by atoms with Gasteiger partial charge in [0.1, 0.15) is 16.9 Å². The Kier molecular flexibility index (Phi) is 6.97. The van der Waals surface area contributed by atoms with Crippen LogP contribution < -0.4 is 10.1 Å². The molecule has 2 heterocycles. The summed E-state index contributed by atoms with van der Waals surface area (Å²) in [4.78, 5) is 29.9. The predicted octanol–water partition coefficient (Wildman–Crippen LogP) is 5.74. The van der Waals surface area contributed by atoms with Crippen molar-refractivity contribution in [2.75, 3.05) is 7.11 Å². The molecule has 222 valence electrons. The van der Waals surface area contributed by atoms with Gasteiger partial charge < -0.3 is 29.1 Å². The maximum absolute atomic E-state index is 13.7. The van der Waals surface area contributed by atoms with Crippen LogP contribution in [0.3, 0.4) is 0 Å². The summed E-state index contributed by atoms with van der Waals surface area (Å²) >= 11 is 0. The van der Waals surface area contributed by atoms with Crippen LogP contribution in [0.25, 0.3) is 10.9 Å². The number of amides is 1. The van der Waals surface area contributed by atoms with Crippen LogP contribution in [0.2, 0.25) is 0 Å². The van der Waals surface area contributed by atoms with E-state index in [0.29, 0.717) is 35.1 Å². The number of nitrogens with one attached hydrogen (secondary N) is 2. The van der Waals surface area contributed by atoms with Crippen molar-refractivity contribution in [2.24, 2.45) is 17.3 Å². The summed E-state index contributed by atoms with van der Waals surface area (Å²) in [6.07, 6.45) is 4.23. The van der Waals surface area contributed by atoms with Gasteiger partial charge in [0.15, 0.2) is 0 Å². The molecule has 1 aliphatic heterocycles. The Balaban J connectivity index is 1.32. The van der Waals surface area contributed by atoms with Crippen LogP contribution in [0, 0.1) is 17.3 Å². The first-order valence-electron chi connectivity index (χ1n) is 14.9. The number of carbonyl (C=O) groups is 2. The van der Waals surface area contributed by atoms with E-state index in [1.165, 1.54) is 0 Å². The van der Waals surface area contributed by atoms with Crippen LogP contribution in [-0.2, 0) is 20.5 Å². The minimum atomic E-state index is -0.662. The third-order valence-corrected chi connectivity index (χ3v) is 9.79. The number of benzene rings is 2. The number of hydrogen-bond donors (Lipinski definition) is 2. The molecule has 0 radical (unpaired) electrons. The van der Waals surface area contributed by atoms with Gasteiger partial charge in [-0.15, -0.1) is 0 Å². The number of rotatable bonds is 7. The summed E-state index contributed by atoms with van der Waals surface area (Å²) in [7, 11) is 0.879. The Labute approximate surface area is 248 Å². The molecule has 5 atom stereocenters. The number of hydrogen-bond acceptors (Lipinski definition) is 6. The summed E-state index contributed by atoms with van der Waals surface area (Å²) < 4.78 is 24.9. The van der Waals surface area contributed by atoms with E-state index >= 15 is 0 Å². The van der Waals surface area contributed by atoms with Gasteiger partial charge in [-0.1, -0.05) is 26.0 Å². The highest BCUT2D eigenvalue weighted by Crippen LogP contribution is 2.65. The number of aromatic nitrogens is 1. The molecule has 4 fully saturated rings. The van der Waals surface area contributed by atoms with Crippen LogP contribution >= 0.6 is 0 Å². The summed E-state index contributed by atoms with van der Waals surface area (Å²) in [6.45, 7) is 12.3. The molecular formula is C33H41BN2O6. The largest absolute Gasteiger partial charge is 0.496 e. The number of ether oxygens (including phenoxy) is 2. The zero-order valence-corrected chi connectivity index (χ0v) is 25.6. The summed E-state index contributed by atoms with van der Waals surface area (Å²) in [6, 6.07) is 12.9. The monoisotopic (exact) mass is 572 g/mol. The first-order chi connectivity index (χ1) is 19.8. The Hall–Kier alpha value is -3.30. The number of H-pyrrole nitrogens is 1. The molecule has 42 heavy (non-hydrogen) atoms. The van der Waals surface area contributed by atoms with Crippen molar-refractivity contribution in [3.8, 4) is 5.75 Å². The molecular weight excluding hydrogens is 531 g/mol. The minimum Gasteiger partial charge on any atom is -0.496 e. The molecule has 0 spiro atoms. The molecule has 2 N–H and O–H groups in total. The molecule has 2 bridgehead atoms. The fraction of sp³-hybridized carbons (Fsp3) is 0.515. The second kappa shape index (κ2) is 10.2. The lowest BCUT2D eigenvalue weighted by Gasteiger charge is -2.64. The lowest BCUT2D eigenvalue weighted by atomic mass is 9.43. The summed E-state index contributed by atoms with van der Waals surface area (Å²) in [5.74, 6) is 0.193. The van der Waals surface area contributed by atoms with Gasteiger partial charge in [-0.05, 0) is 100 Å². The predicted molar refractivity (Wildman–Crippen MR) is 162 cm³/mol. The smallest absolute Gasteiger partial charge is 0.482 e. The van der Waals surface area contributed by atoms with E-state index in [1.54, 1.807) is 13.2 Å². The average molecular weight is 573 g/mol. The van der Waals surface area contributed by atoms with E-state index in [1.807, 2.05) is 63.4 Å². The average Bonchev–Trinajstić information content (AvgIpc) is 3.54. The Morgan fingerprint density at radius 2 is 1.93 bits per heavy atom. The number of fused-ring (bicyclic) bond motifs is 1. The number of para-hydroxylation sites is 1. The van der Waals surface area contributed by atoms with Gasteiger partial charge in [-0.3, -0.25) is 4.79 Å². The molecule has 1 aromatic heterocycles. The third-order valence-electron chi connectivity index (χ3n) is 9.79.